The van der Waals surface area contributed by atoms with Crippen LogP contribution in [-0.2, 0) is 6.54 Å². The number of hydrogen-bond acceptors (Lipinski definition) is 3. The van der Waals surface area contributed by atoms with Crippen LogP contribution in [-0.4, -0.2) is 12.4 Å². The van der Waals surface area contributed by atoms with Gasteiger partial charge in [0.25, 0.3) is 0 Å². The van der Waals surface area contributed by atoms with Crippen LogP contribution in [0.25, 0.3) is 0 Å². The predicted octanol–water partition coefficient (Wildman–Crippen LogP) is 4.81. The lowest BCUT2D eigenvalue weighted by atomic mass is 10.2. The van der Waals surface area contributed by atoms with Crippen LogP contribution >= 0.6 is 11.8 Å². The van der Waals surface area contributed by atoms with Crippen molar-refractivity contribution in [3.63, 3.8) is 0 Å². The number of para-hydroxylation sites is 1. The van der Waals surface area contributed by atoms with Gasteiger partial charge in [0.1, 0.15) is 5.75 Å². The maximum Gasteiger partial charge on any atom is 0.119 e. The molecule has 0 bridgehead atoms. The van der Waals surface area contributed by atoms with Crippen molar-refractivity contribution in [2.75, 3.05) is 17.7 Å². The zero-order valence-electron chi connectivity index (χ0n) is 12.1. The first-order valence-corrected chi connectivity index (χ1v) is 7.99. The molecular formula is C17H21NOS. The van der Waals surface area contributed by atoms with Crippen molar-refractivity contribution in [1.82, 2.24) is 0 Å². The summed E-state index contributed by atoms with van der Waals surface area (Å²) in [6.45, 7) is 5.69. The number of rotatable bonds is 7. The van der Waals surface area contributed by atoms with E-state index < -0.39 is 0 Å². The number of anilines is 1. The van der Waals surface area contributed by atoms with Crippen LogP contribution in [0.5, 0.6) is 5.75 Å². The quantitative estimate of drug-likeness (QED) is 0.738. The lowest BCUT2D eigenvalue weighted by Gasteiger charge is -2.12. The highest BCUT2D eigenvalue weighted by Gasteiger charge is 2.02. The van der Waals surface area contributed by atoms with E-state index in [1.165, 1.54) is 16.1 Å². The third-order valence-electron chi connectivity index (χ3n) is 2.88. The molecule has 0 unspecified atom stereocenters. The molecule has 0 aliphatic heterocycles. The van der Waals surface area contributed by atoms with E-state index in [9.17, 15) is 0 Å². The smallest absolute Gasteiger partial charge is 0.119 e. The summed E-state index contributed by atoms with van der Waals surface area (Å²) in [6.07, 6.45) is 0. The first kappa shape index (κ1) is 14.8. The molecular weight excluding hydrogens is 266 g/mol. The van der Waals surface area contributed by atoms with E-state index in [4.69, 9.17) is 4.74 Å². The van der Waals surface area contributed by atoms with Crippen molar-refractivity contribution in [2.45, 2.75) is 25.3 Å². The predicted molar refractivity (Wildman–Crippen MR) is 87.8 cm³/mol. The molecule has 0 atom stereocenters. The Morgan fingerprint density at radius 3 is 2.70 bits per heavy atom. The van der Waals surface area contributed by atoms with Crippen molar-refractivity contribution in [2.24, 2.45) is 0 Å². The molecule has 3 heteroatoms. The van der Waals surface area contributed by atoms with Gasteiger partial charge >= 0.3 is 0 Å². The van der Waals surface area contributed by atoms with Gasteiger partial charge in [-0.15, -0.1) is 11.8 Å². The van der Waals surface area contributed by atoms with Crippen LogP contribution in [0.15, 0.2) is 53.4 Å². The molecule has 2 nitrogen and oxygen atoms in total. The topological polar surface area (TPSA) is 21.3 Å². The third-order valence-corrected chi connectivity index (χ3v) is 3.83. The summed E-state index contributed by atoms with van der Waals surface area (Å²) >= 11 is 1.86. The van der Waals surface area contributed by atoms with Gasteiger partial charge in [-0.1, -0.05) is 31.2 Å². The zero-order chi connectivity index (χ0) is 14.2. The second-order valence-electron chi connectivity index (χ2n) is 4.36. The van der Waals surface area contributed by atoms with E-state index in [-0.39, 0.29) is 0 Å². The maximum atomic E-state index is 5.53. The van der Waals surface area contributed by atoms with Gasteiger partial charge in [0.15, 0.2) is 0 Å². The monoisotopic (exact) mass is 287 g/mol. The Morgan fingerprint density at radius 2 is 1.90 bits per heavy atom. The molecule has 0 fully saturated rings. The Hall–Kier alpha value is -1.61. The Bertz CT molecular complexity index is 542. The van der Waals surface area contributed by atoms with Crippen LogP contribution in [0.3, 0.4) is 0 Å². The van der Waals surface area contributed by atoms with Gasteiger partial charge < -0.3 is 10.1 Å². The van der Waals surface area contributed by atoms with Crippen LogP contribution in [0.2, 0.25) is 0 Å². The molecule has 0 saturated carbocycles. The fraction of sp³-hybridized carbons (Fsp3) is 0.294. The fourth-order valence-corrected chi connectivity index (χ4v) is 2.78. The SMILES string of the molecule is CCOc1cccc(CNc2ccccc2SCC)c1. The van der Waals surface area contributed by atoms with E-state index in [2.05, 4.69) is 48.6 Å². The molecule has 0 saturated heterocycles. The number of ether oxygens (including phenoxy) is 1. The van der Waals surface area contributed by atoms with Gasteiger partial charge in [0.2, 0.25) is 0 Å². The molecule has 0 amide bonds. The summed E-state index contributed by atoms with van der Waals surface area (Å²) < 4.78 is 5.53. The average Bonchev–Trinajstić information content (AvgIpc) is 2.47. The molecule has 2 aromatic rings. The van der Waals surface area contributed by atoms with E-state index in [0.717, 1.165) is 18.0 Å². The molecule has 0 radical (unpaired) electrons. The van der Waals surface area contributed by atoms with Crippen LogP contribution in [0, 0.1) is 0 Å². The zero-order valence-corrected chi connectivity index (χ0v) is 12.9. The Labute approximate surface area is 125 Å². The summed E-state index contributed by atoms with van der Waals surface area (Å²) in [5, 5.41) is 3.51. The normalized spacial score (nSPS) is 10.3. The van der Waals surface area contributed by atoms with Gasteiger partial charge in [-0.3, -0.25) is 0 Å². The van der Waals surface area contributed by atoms with E-state index >= 15 is 0 Å². The van der Waals surface area contributed by atoms with Crippen molar-refractivity contribution < 1.29 is 4.74 Å². The van der Waals surface area contributed by atoms with Gasteiger partial charge in [-0.2, -0.15) is 0 Å². The lowest BCUT2D eigenvalue weighted by Crippen LogP contribution is -2.01. The van der Waals surface area contributed by atoms with Crippen LogP contribution < -0.4 is 10.1 Å². The molecule has 2 aromatic carbocycles. The molecule has 0 heterocycles. The van der Waals surface area contributed by atoms with E-state index in [1.54, 1.807) is 0 Å². The molecule has 106 valence electrons. The van der Waals surface area contributed by atoms with Gasteiger partial charge in [-0.25, -0.2) is 0 Å². The van der Waals surface area contributed by atoms with E-state index in [0.29, 0.717) is 6.61 Å². The van der Waals surface area contributed by atoms with Crippen molar-refractivity contribution in [1.29, 1.82) is 0 Å². The summed E-state index contributed by atoms with van der Waals surface area (Å²) in [7, 11) is 0. The third kappa shape index (κ3) is 4.20. The van der Waals surface area contributed by atoms with Gasteiger partial charge in [-0.05, 0) is 42.5 Å². The Morgan fingerprint density at radius 1 is 1.05 bits per heavy atom. The first-order chi connectivity index (χ1) is 9.83. The van der Waals surface area contributed by atoms with Crippen molar-refractivity contribution >= 4 is 17.4 Å². The highest BCUT2D eigenvalue weighted by Crippen LogP contribution is 2.27. The molecule has 0 spiro atoms. The van der Waals surface area contributed by atoms with Crippen molar-refractivity contribution in [3.8, 4) is 5.75 Å². The number of nitrogens with one attached hydrogen (secondary N) is 1. The highest BCUT2D eigenvalue weighted by atomic mass is 32.2. The molecule has 0 aliphatic carbocycles. The minimum absolute atomic E-state index is 0.701. The highest BCUT2D eigenvalue weighted by molar-refractivity contribution is 7.99. The van der Waals surface area contributed by atoms with Gasteiger partial charge in [0, 0.05) is 17.1 Å². The van der Waals surface area contributed by atoms with Crippen molar-refractivity contribution in [3.05, 3.63) is 54.1 Å². The molecule has 0 aromatic heterocycles. The maximum absolute atomic E-state index is 5.53. The summed E-state index contributed by atoms with van der Waals surface area (Å²) in [5.41, 5.74) is 2.42. The number of hydrogen-bond donors (Lipinski definition) is 1. The summed E-state index contributed by atoms with van der Waals surface area (Å²) in [5.74, 6) is 2.02. The standard InChI is InChI=1S/C17H21NOS/c1-3-19-15-9-7-8-14(12-15)13-18-16-10-5-6-11-17(16)20-4-2/h5-12,18H,3-4,13H2,1-2H3. The van der Waals surface area contributed by atoms with Crippen LogP contribution in [0.1, 0.15) is 19.4 Å². The Balaban J connectivity index is 2.03. The second kappa shape index (κ2) is 7.85. The Kier molecular flexibility index (Phi) is 5.81. The summed E-state index contributed by atoms with van der Waals surface area (Å²) in [6, 6.07) is 16.7. The molecule has 2 rings (SSSR count). The molecule has 1 N–H and O–H groups in total. The largest absolute Gasteiger partial charge is 0.494 e. The first-order valence-electron chi connectivity index (χ1n) is 7.01. The van der Waals surface area contributed by atoms with Gasteiger partial charge in [0.05, 0.1) is 6.61 Å². The van der Waals surface area contributed by atoms with Crippen LogP contribution in [0.4, 0.5) is 5.69 Å². The lowest BCUT2D eigenvalue weighted by molar-refractivity contribution is 0.340. The number of benzene rings is 2. The minimum atomic E-state index is 0.701. The second-order valence-corrected chi connectivity index (χ2v) is 5.67. The average molecular weight is 287 g/mol. The molecule has 0 aliphatic rings. The minimum Gasteiger partial charge on any atom is -0.494 e. The number of thioether (sulfide) groups is 1. The van der Waals surface area contributed by atoms with E-state index in [1.807, 2.05) is 30.8 Å². The summed E-state index contributed by atoms with van der Waals surface area (Å²) in [4.78, 5) is 1.30. The fourth-order valence-electron chi connectivity index (χ4n) is 2.00. The molecule has 20 heavy (non-hydrogen) atoms.